The summed E-state index contributed by atoms with van der Waals surface area (Å²) >= 11 is 0. The van der Waals surface area contributed by atoms with Crippen LogP contribution in [0.4, 0.5) is 0 Å². The first-order valence-corrected chi connectivity index (χ1v) is 6.58. The molecule has 0 aromatic heterocycles. The molecule has 0 bridgehead atoms. The predicted octanol–water partition coefficient (Wildman–Crippen LogP) is 2.67. The molecule has 0 saturated heterocycles. The Kier molecular flexibility index (Phi) is 4.08. The van der Waals surface area contributed by atoms with Crippen molar-refractivity contribution in [2.45, 2.75) is 19.4 Å². The molecule has 1 atom stereocenters. The first-order chi connectivity index (χ1) is 9.06. The van der Waals surface area contributed by atoms with Gasteiger partial charge in [0.2, 0.25) is 0 Å². The number of hydrogen-bond acceptors (Lipinski definition) is 3. The molecule has 0 aliphatic rings. The fourth-order valence-corrected chi connectivity index (χ4v) is 2.16. The summed E-state index contributed by atoms with van der Waals surface area (Å²) in [4.78, 5) is 0. The second-order valence-corrected chi connectivity index (χ2v) is 4.98. The zero-order valence-electron chi connectivity index (χ0n) is 11.7. The fourth-order valence-electron chi connectivity index (χ4n) is 2.16. The van der Waals surface area contributed by atoms with Crippen LogP contribution in [0.1, 0.15) is 19.4 Å². The molecule has 0 saturated carbocycles. The van der Waals surface area contributed by atoms with Crippen molar-refractivity contribution in [3.63, 3.8) is 0 Å². The standard InChI is InChI=1S/C16H21NO2/c1-4-17-11-16(2,18)14-7-5-13-10-15(19-3)8-6-12(13)9-14/h5-10,17-18H,4,11H2,1-3H3. The van der Waals surface area contributed by atoms with Crippen molar-refractivity contribution in [3.05, 3.63) is 42.0 Å². The minimum atomic E-state index is -0.857. The Labute approximate surface area is 114 Å². The lowest BCUT2D eigenvalue weighted by Crippen LogP contribution is -2.35. The van der Waals surface area contributed by atoms with Crippen molar-refractivity contribution < 1.29 is 9.84 Å². The average molecular weight is 259 g/mol. The molecule has 2 aromatic rings. The molecule has 0 aliphatic carbocycles. The Bertz CT molecular complexity index is 564. The quantitative estimate of drug-likeness (QED) is 0.867. The molecule has 0 heterocycles. The van der Waals surface area contributed by atoms with E-state index < -0.39 is 5.60 Å². The first-order valence-electron chi connectivity index (χ1n) is 6.58. The lowest BCUT2D eigenvalue weighted by molar-refractivity contribution is 0.0577. The molecule has 3 nitrogen and oxygen atoms in total. The van der Waals surface area contributed by atoms with Crippen molar-refractivity contribution >= 4 is 10.8 Å². The summed E-state index contributed by atoms with van der Waals surface area (Å²) in [5.74, 6) is 0.847. The molecule has 0 radical (unpaired) electrons. The topological polar surface area (TPSA) is 41.5 Å². The number of aliphatic hydroxyl groups is 1. The van der Waals surface area contributed by atoms with E-state index >= 15 is 0 Å². The molecular formula is C16H21NO2. The van der Waals surface area contributed by atoms with Gasteiger partial charge in [0.25, 0.3) is 0 Å². The van der Waals surface area contributed by atoms with Gasteiger partial charge in [-0.3, -0.25) is 0 Å². The van der Waals surface area contributed by atoms with Crippen LogP contribution >= 0.6 is 0 Å². The zero-order valence-corrected chi connectivity index (χ0v) is 11.7. The highest BCUT2D eigenvalue weighted by atomic mass is 16.5. The maximum absolute atomic E-state index is 10.5. The molecule has 2 rings (SSSR count). The number of benzene rings is 2. The Hall–Kier alpha value is -1.58. The third kappa shape index (κ3) is 3.06. The molecule has 0 fully saturated rings. The van der Waals surface area contributed by atoms with Crippen molar-refractivity contribution in [2.75, 3.05) is 20.2 Å². The highest BCUT2D eigenvalue weighted by Crippen LogP contribution is 2.26. The molecule has 0 spiro atoms. The van der Waals surface area contributed by atoms with Crippen LogP contribution in [0.5, 0.6) is 5.75 Å². The lowest BCUT2D eigenvalue weighted by Gasteiger charge is -2.24. The van der Waals surface area contributed by atoms with E-state index in [9.17, 15) is 5.11 Å². The molecule has 19 heavy (non-hydrogen) atoms. The van der Waals surface area contributed by atoms with Crippen LogP contribution < -0.4 is 10.1 Å². The van der Waals surface area contributed by atoms with Gasteiger partial charge in [-0.25, -0.2) is 0 Å². The summed E-state index contributed by atoms with van der Waals surface area (Å²) in [6.45, 7) is 5.26. The van der Waals surface area contributed by atoms with Gasteiger partial charge in [0.15, 0.2) is 0 Å². The van der Waals surface area contributed by atoms with Gasteiger partial charge in [-0.05, 0) is 48.0 Å². The van der Waals surface area contributed by atoms with E-state index in [1.165, 1.54) is 0 Å². The van der Waals surface area contributed by atoms with Gasteiger partial charge in [-0.2, -0.15) is 0 Å². The van der Waals surface area contributed by atoms with Gasteiger partial charge in [0.05, 0.1) is 12.7 Å². The number of hydrogen-bond donors (Lipinski definition) is 2. The minimum Gasteiger partial charge on any atom is -0.497 e. The fraction of sp³-hybridized carbons (Fsp3) is 0.375. The van der Waals surface area contributed by atoms with Crippen LogP contribution in [-0.4, -0.2) is 25.3 Å². The van der Waals surface area contributed by atoms with Crippen molar-refractivity contribution in [2.24, 2.45) is 0 Å². The van der Waals surface area contributed by atoms with Crippen molar-refractivity contribution in [1.29, 1.82) is 0 Å². The minimum absolute atomic E-state index is 0.547. The molecule has 2 N–H and O–H groups in total. The second kappa shape index (κ2) is 5.59. The number of methoxy groups -OCH3 is 1. The Morgan fingerprint density at radius 2 is 1.84 bits per heavy atom. The van der Waals surface area contributed by atoms with Gasteiger partial charge >= 0.3 is 0 Å². The molecule has 2 aromatic carbocycles. The summed E-state index contributed by atoms with van der Waals surface area (Å²) in [7, 11) is 1.66. The molecule has 3 heteroatoms. The highest BCUT2D eigenvalue weighted by molar-refractivity contribution is 5.84. The number of nitrogens with one attached hydrogen (secondary N) is 1. The smallest absolute Gasteiger partial charge is 0.119 e. The maximum Gasteiger partial charge on any atom is 0.119 e. The summed E-state index contributed by atoms with van der Waals surface area (Å²) in [6, 6.07) is 12.0. The van der Waals surface area contributed by atoms with E-state index in [0.29, 0.717) is 6.54 Å². The van der Waals surface area contributed by atoms with Crippen LogP contribution in [0, 0.1) is 0 Å². The summed E-state index contributed by atoms with van der Waals surface area (Å²) in [6.07, 6.45) is 0. The van der Waals surface area contributed by atoms with Crippen LogP contribution in [0.25, 0.3) is 10.8 Å². The van der Waals surface area contributed by atoms with Gasteiger partial charge in [-0.1, -0.05) is 25.1 Å². The lowest BCUT2D eigenvalue weighted by atomic mass is 9.93. The highest BCUT2D eigenvalue weighted by Gasteiger charge is 2.22. The summed E-state index contributed by atoms with van der Waals surface area (Å²) in [5, 5.41) is 15.9. The van der Waals surface area contributed by atoms with E-state index in [2.05, 4.69) is 5.32 Å². The molecule has 102 valence electrons. The second-order valence-electron chi connectivity index (χ2n) is 4.98. The third-order valence-electron chi connectivity index (χ3n) is 3.39. The zero-order chi connectivity index (χ0) is 13.9. The monoisotopic (exact) mass is 259 g/mol. The largest absolute Gasteiger partial charge is 0.497 e. The van der Waals surface area contributed by atoms with Crippen LogP contribution in [-0.2, 0) is 5.60 Å². The summed E-state index contributed by atoms with van der Waals surface area (Å²) < 4.78 is 5.21. The summed E-state index contributed by atoms with van der Waals surface area (Å²) in [5.41, 5.74) is 0.0653. The van der Waals surface area contributed by atoms with Crippen LogP contribution in [0.2, 0.25) is 0 Å². The van der Waals surface area contributed by atoms with E-state index in [4.69, 9.17) is 4.74 Å². The van der Waals surface area contributed by atoms with E-state index in [1.807, 2.05) is 50.2 Å². The third-order valence-corrected chi connectivity index (χ3v) is 3.39. The Balaban J connectivity index is 2.36. The number of likely N-dealkylation sites (N-methyl/N-ethyl adjacent to an activating group) is 1. The van der Waals surface area contributed by atoms with Gasteiger partial charge in [0, 0.05) is 6.54 Å². The maximum atomic E-state index is 10.5. The number of ether oxygens (including phenoxy) is 1. The van der Waals surface area contributed by atoms with Gasteiger partial charge < -0.3 is 15.2 Å². The number of fused-ring (bicyclic) bond motifs is 1. The van der Waals surface area contributed by atoms with Gasteiger partial charge in [-0.15, -0.1) is 0 Å². The normalized spacial score (nSPS) is 14.3. The average Bonchev–Trinajstić information content (AvgIpc) is 2.44. The Morgan fingerprint density at radius 1 is 1.16 bits per heavy atom. The van der Waals surface area contributed by atoms with E-state index in [1.54, 1.807) is 7.11 Å². The molecule has 0 aliphatic heterocycles. The molecular weight excluding hydrogens is 238 g/mol. The van der Waals surface area contributed by atoms with Crippen molar-refractivity contribution in [3.8, 4) is 5.75 Å². The van der Waals surface area contributed by atoms with Crippen LogP contribution in [0.15, 0.2) is 36.4 Å². The Morgan fingerprint density at radius 3 is 2.53 bits per heavy atom. The van der Waals surface area contributed by atoms with Crippen LogP contribution in [0.3, 0.4) is 0 Å². The molecule has 1 unspecified atom stereocenters. The number of rotatable bonds is 5. The SMILES string of the molecule is CCNCC(C)(O)c1ccc2cc(OC)ccc2c1. The van der Waals surface area contributed by atoms with E-state index in [0.717, 1.165) is 28.6 Å². The van der Waals surface area contributed by atoms with Gasteiger partial charge in [0.1, 0.15) is 5.75 Å². The van der Waals surface area contributed by atoms with E-state index in [-0.39, 0.29) is 0 Å². The predicted molar refractivity (Wildman–Crippen MR) is 78.6 cm³/mol. The first kappa shape index (κ1) is 13.8. The van der Waals surface area contributed by atoms with Crippen molar-refractivity contribution in [1.82, 2.24) is 5.32 Å². The molecule has 0 amide bonds.